The van der Waals surface area contributed by atoms with Crippen LogP contribution in [0.1, 0.15) is 24.2 Å². The van der Waals surface area contributed by atoms with E-state index < -0.39 is 0 Å². The molecule has 9 heteroatoms. The van der Waals surface area contributed by atoms with Crippen molar-refractivity contribution in [2.24, 2.45) is 5.92 Å². The molecule has 0 saturated heterocycles. The van der Waals surface area contributed by atoms with Crippen LogP contribution in [0.2, 0.25) is 5.02 Å². The Hall–Kier alpha value is -3.88. The van der Waals surface area contributed by atoms with E-state index in [2.05, 4.69) is 20.5 Å². The summed E-state index contributed by atoms with van der Waals surface area (Å²) in [7, 11) is 0. The molecular formula is C28H24ClN5O2S. The van der Waals surface area contributed by atoms with E-state index in [1.165, 1.54) is 11.8 Å². The summed E-state index contributed by atoms with van der Waals surface area (Å²) in [5.74, 6) is 0.607. The third-order valence-electron chi connectivity index (χ3n) is 5.88. The number of para-hydroxylation sites is 1. The van der Waals surface area contributed by atoms with Gasteiger partial charge in [-0.2, -0.15) is 0 Å². The average molecular weight is 530 g/mol. The first-order valence-corrected chi connectivity index (χ1v) is 13.1. The fourth-order valence-electron chi connectivity index (χ4n) is 3.86. The molecule has 3 aromatic carbocycles. The fourth-order valence-corrected chi connectivity index (χ4v) is 4.83. The first-order valence-electron chi connectivity index (χ1n) is 11.8. The van der Waals surface area contributed by atoms with Gasteiger partial charge in [-0.05, 0) is 54.6 Å². The Labute approximate surface area is 223 Å². The number of benzene rings is 3. The molecule has 2 aromatic heterocycles. The summed E-state index contributed by atoms with van der Waals surface area (Å²) < 4.78 is 1.94. The lowest BCUT2D eigenvalue weighted by Crippen LogP contribution is -2.17. The number of thioether (sulfide) groups is 1. The number of carbonyl (C=O) groups excluding carboxylic acids is 2. The molecule has 0 saturated carbocycles. The minimum absolute atomic E-state index is 0.0500. The minimum atomic E-state index is -0.121. The molecule has 0 bridgehead atoms. The van der Waals surface area contributed by atoms with Gasteiger partial charge in [0, 0.05) is 50.5 Å². The molecule has 186 valence electrons. The van der Waals surface area contributed by atoms with E-state index in [1.807, 2.05) is 73.1 Å². The van der Waals surface area contributed by atoms with E-state index in [1.54, 1.807) is 24.3 Å². The van der Waals surface area contributed by atoms with Gasteiger partial charge in [-0.1, -0.05) is 55.4 Å². The van der Waals surface area contributed by atoms with Gasteiger partial charge in [0.1, 0.15) is 0 Å². The molecule has 37 heavy (non-hydrogen) atoms. The molecule has 0 unspecified atom stereocenters. The maximum Gasteiger partial charge on any atom is 0.226 e. The molecule has 2 N–H and O–H groups in total. The van der Waals surface area contributed by atoms with E-state index in [0.717, 1.165) is 22.2 Å². The highest BCUT2D eigenvalue weighted by molar-refractivity contribution is 7.99. The Morgan fingerprint density at radius 2 is 1.73 bits per heavy atom. The van der Waals surface area contributed by atoms with Gasteiger partial charge in [0.2, 0.25) is 5.91 Å². The quantitative estimate of drug-likeness (QED) is 0.174. The van der Waals surface area contributed by atoms with Crippen LogP contribution in [0.25, 0.3) is 28.0 Å². The van der Waals surface area contributed by atoms with E-state index in [-0.39, 0.29) is 23.4 Å². The molecule has 5 aromatic rings. The number of aromatic amines is 1. The summed E-state index contributed by atoms with van der Waals surface area (Å²) in [4.78, 5) is 28.2. The number of H-pyrrole nitrogens is 1. The van der Waals surface area contributed by atoms with Crippen LogP contribution in [0.4, 0.5) is 5.69 Å². The van der Waals surface area contributed by atoms with Crippen LogP contribution in [0.3, 0.4) is 0 Å². The number of aromatic nitrogens is 4. The van der Waals surface area contributed by atoms with Crippen molar-refractivity contribution in [2.45, 2.75) is 19.0 Å². The molecular weight excluding hydrogens is 506 g/mol. The first-order chi connectivity index (χ1) is 17.9. The van der Waals surface area contributed by atoms with E-state index in [9.17, 15) is 9.59 Å². The molecule has 0 atom stereocenters. The van der Waals surface area contributed by atoms with E-state index in [4.69, 9.17) is 11.6 Å². The van der Waals surface area contributed by atoms with Crippen molar-refractivity contribution in [1.82, 2.24) is 19.7 Å². The van der Waals surface area contributed by atoms with Gasteiger partial charge in [-0.3, -0.25) is 14.2 Å². The number of amides is 1. The molecule has 7 nitrogen and oxygen atoms in total. The summed E-state index contributed by atoms with van der Waals surface area (Å²) in [5.41, 5.74) is 3.98. The zero-order valence-corrected chi connectivity index (χ0v) is 21.8. The van der Waals surface area contributed by atoms with Crippen molar-refractivity contribution < 1.29 is 9.59 Å². The fraction of sp³-hybridized carbons (Fsp3) is 0.143. The summed E-state index contributed by atoms with van der Waals surface area (Å²) in [6, 6.07) is 22.4. The second kappa shape index (κ2) is 10.6. The molecule has 0 aliphatic heterocycles. The van der Waals surface area contributed by atoms with Gasteiger partial charge >= 0.3 is 0 Å². The Bertz CT molecular complexity index is 1570. The standard InChI is InChI=1S/C28H24ClN5O2S/c1-17(2)27(36)31-20-11-7-18(8-12-20)25(35)16-37-28-33-32-26(34(28)21-13-9-19(29)10-14-21)23-15-30-24-6-4-3-5-22(23)24/h3-15,17,30H,16H2,1-2H3,(H,31,36). The van der Waals surface area contributed by atoms with Crippen molar-refractivity contribution >= 4 is 51.6 Å². The highest BCUT2D eigenvalue weighted by Crippen LogP contribution is 2.33. The minimum Gasteiger partial charge on any atom is -0.360 e. The lowest BCUT2D eigenvalue weighted by Gasteiger charge is -2.10. The molecule has 0 aliphatic rings. The van der Waals surface area contributed by atoms with Gasteiger partial charge in [0.05, 0.1) is 5.75 Å². The number of hydrogen-bond acceptors (Lipinski definition) is 5. The monoisotopic (exact) mass is 529 g/mol. The van der Waals surface area contributed by atoms with Gasteiger partial charge in [0.15, 0.2) is 16.8 Å². The van der Waals surface area contributed by atoms with E-state index in [0.29, 0.717) is 27.3 Å². The van der Waals surface area contributed by atoms with Gasteiger partial charge in [-0.15, -0.1) is 10.2 Å². The predicted molar refractivity (Wildman–Crippen MR) is 149 cm³/mol. The van der Waals surface area contributed by atoms with Crippen molar-refractivity contribution in [3.63, 3.8) is 0 Å². The first kappa shape index (κ1) is 24.8. The summed E-state index contributed by atoms with van der Waals surface area (Å²) in [6.07, 6.45) is 1.92. The highest BCUT2D eigenvalue weighted by atomic mass is 35.5. The number of nitrogens with one attached hydrogen (secondary N) is 2. The number of anilines is 1. The van der Waals surface area contributed by atoms with Crippen LogP contribution < -0.4 is 5.32 Å². The molecule has 0 radical (unpaired) electrons. The third-order valence-corrected chi connectivity index (χ3v) is 7.06. The van der Waals surface area contributed by atoms with E-state index >= 15 is 0 Å². The number of ketones is 1. The van der Waals surface area contributed by atoms with Crippen LogP contribution in [0.5, 0.6) is 0 Å². The number of fused-ring (bicyclic) bond motifs is 1. The van der Waals surface area contributed by atoms with Crippen molar-refractivity contribution in [3.8, 4) is 17.1 Å². The average Bonchev–Trinajstić information content (AvgIpc) is 3.52. The van der Waals surface area contributed by atoms with Crippen molar-refractivity contribution in [2.75, 3.05) is 11.1 Å². The molecule has 0 spiro atoms. The van der Waals surface area contributed by atoms with Crippen molar-refractivity contribution in [3.05, 3.63) is 89.6 Å². The maximum atomic E-state index is 13.0. The summed E-state index contributed by atoms with van der Waals surface area (Å²) in [5, 5.41) is 14.0. The second-order valence-electron chi connectivity index (χ2n) is 8.80. The Balaban J connectivity index is 1.41. The third kappa shape index (κ3) is 5.30. The zero-order chi connectivity index (χ0) is 25.9. The van der Waals surface area contributed by atoms with Crippen molar-refractivity contribution in [1.29, 1.82) is 0 Å². The highest BCUT2D eigenvalue weighted by Gasteiger charge is 2.20. The van der Waals surface area contributed by atoms with Gasteiger partial charge in [-0.25, -0.2) is 0 Å². The topological polar surface area (TPSA) is 92.7 Å². The summed E-state index contributed by atoms with van der Waals surface area (Å²) >= 11 is 7.45. The zero-order valence-electron chi connectivity index (χ0n) is 20.2. The van der Waals surface area contributed by atoms with Crippen LogP contribution in [-0.2, 0) is 4.79 Å². The van der Waals surface area contributed by atoms with Crippen LogP contribution in [-0.4, -0.2) is 37.2 Å². The second-order valence-corrected chi connectivity index (χ2v) is 10.2. The molecule has 1 amide bonds. The van der Waals surface area contributed by atoms with Crippen LogP contribution >= 0.6 is 23.4 Å². The molecule has 2 heterocycles. The Kier molecular flexibility index (Phi) is 7.12. The molecule has 0 fully saturated rings. The molecule has 5 rings (SSSR count). The van der Waals surface area contributed by atoms with Gasteiger partial charge < -0.3 is 10.3 Å². The smallest absolute Gasteiger partial charge is 0.226 e. The van der Waals surface area contributed by atoms with Crippen LogP contribution in [0, 0.1) is 5.92 Å². The Morgan fingerprint density at radius 1 is 1.00 bits per heavy atom. The number of hydrogen-bond donors (Lipinski definition) is 2. The maximum absolute atomic E-state index is 13.0. The SMILES string of the molecule is CC(C)C(=O)Nc1ccc(C(=O)CSc2nnc(-c3c[nH]c4ccccc34)n2-c2ccc(Cl)cc2)cc1. The van der Waals surface area contributed by atoms with Gasteiger partial charge in [0.25, 0.3) is 0 Å². The number of nitrogens with zero attached hydrogens (tertiary/aromatic N) is 3. The largest absolute Gasteiger partial charge is 0.360 e. The number of Topliss-reactive ketones (excluding diaryl/α,β-unsaturated/α-hetero) is 1. The summed E-state index contributed by atoms with van der Waals surface area (Å²) in [6.45, 7) is 3.66. The number of rotatable bonds is 8. The normalized spacial score (nSPS) is 11.2. The lowest BCUT2D eigenvalue weighted by molar-refractivity contribution is -0.118. The predicted octanol–water partition coefficient (Wildman–Crippen LogP) is 6.64. The Morgan fingerprint density at radius 3 is 2.46 bits per heavy atom. The lowest BCUT2D eigenvalue weighted by atomic mass is 10.1. The number of carbonyl (C=O) groups is 2. The van der Waals surface area contributed by atoms with Crippen LogP contribution in [0.15, 0.2) is 84.1 Å². The molecule has 0 aliphatic carbocycles. The number of halogens is 1.